The highest BCUT2D eigenvalue weighted by atomic mass is 79.9. The maximum Gasteiger partial charge on any atom is 0.335 e. The van der Waals surface area contributed by atoms with Gasteiger partial charge >= 0.3 is 5.97 Å². The smallest absolute Gasteiger partial charge is 0.335 e. The zero-order chi connectivity index (χ0) is 14.7. The molecule has 0 saturated heterocycles. The molecule has 0 aliphatic rings. The normalized spacial score (nSPS) is 10.8. The molecular formula is C14H15BrN2O3. The Hall–Kier alpha value is -1.82. The van der Waals surface area contributed by atoms with E-state index in [2.05, 4.69) is 21.0 Å². The molecule has 106 valence electrons. The molecule has 1 aromatic heterocycles. The van der Waals surface area contributed by atoms with Crippen LogP contribution in [-0.2, 0) is 6.61 Å². The van der Waals surface area contributed by atoms with Crippen LogP contribution in [0.3, 0.4) is 0 Å². The SMILES string of the molecule is CC(C)n1ccc(COc2cc(C(=O)O)ccc2Br)n1. The molecule has 1 heterocycles. The fraction of sp³-hybridized carbons (Fsp3) is 0.286. The summed E-state index contributed by atoms with van der Waals surface area (Å²) in [7, 11) is 0. The van der Waals surface area contributed by atoms with Gasteiger partial charge in [0, 0.05) is 12.2 Å². The first kappa shape index (κ1) is 14.6. The van der Waals surface area contributed by atoms with Crippen molar-refractivity contribution < 1.29 is 14.6 Å². The van der Waals surface area contributed by atoms with Crippen molar-refractivity contribution in [3.05, 3.63) is 46.2 Å². The van der Waals surface area contributed by atoms with Crippen LogP contribution in [0.25, 0.3) is 0 Å². The molecule has 0 fully saturated rings. The second-order valence-electron chi connectivity index (χ2n) is 4.62. The molecule has 0 amide bonds. The van der Waals surface area contributed by atoms with Crippen molar-refractivity contribution in [1.29, 1.82) is 0 Å². The van der Waals surface area contributed by atoms with Crippen molar-refractivity contribution in [2.24, 2.45) is 0 Å². The molecule has 2 rings (SSSR count). The van der Waals surface area contributed by atoms with Crippen LogP contribution >= 0.6 is 15.9 Å². The summed E-state index contributed by atoms with van der Waals surface area (Å²) in [6, 6.07) is 6.85. The molecule has 0 atom stereocenters. The van der Waals surface area contributed by atoms with Crippen LogP contribution in [0.1, 0.15) is 35.9 Å². The summed E-state index contributed by atoms with van der Waals surface area (Å²) >= 11 is 3.34. The summed E-state index contributed by atoms with van der Waals surface area (Å²) in [4.78, 5) is 10.9. The van der Waals surface area contributed by atoms with Crippen molar-refractivity contribution in [3.63, 3.8) is 0 Å². The number of carboxylic acids is 1. The van der Waals surface area contributed by atoms with Gasteiger partial charge in [-0.25, -0.2) is 4.79 Å². The van der Waals surface area contributed by atoms with Gasteiger partial charge in [0.2, 0.25) is 0 Å². The van der Waals surface area contributed by atoms with Gasteiger partial charge in [0.05, 0.1) is 15.7 Å². The van der Waals surface area contributed by atoms with Crippen LogP contribution in [0.15, 0.2) is 34.9 Å². The number of hydrogen-bond acceptors (Lipinski definition) is 3. The van der Waals surface area contributed by atoms with E-state index in [0.29, 0.717) is 22.9 Å². The minimum atomic E-state index is -0.980. The lowest BCUT2D eigenvalue weighted by Crippen LogP contribution is -2.04. The first-order chi connectivity index (χ1) is 9.47. The van der Waals surface area contributed by atoms with E-state index in [4.69, 9.17) is 9.84 Å². The van der Waals surface area contributed by atoms with Crippen molar-refractivity contribution in [1.82, 2.24) is 9.78 Å². The second-order valence-corrected chi connectivity index (χ2v) is 5.47. The highest BCUT2D eigenvalue weighted by molar-refractivity contribution is 9.10. The maximum atomic E-state index is 10.9. The van der Waals surface area contributed by atoms with E-state index in [1.807, 2.05) is 30.8 Å². The molecule has 2 aromatic rings. The van der Waals surface area contributed by atoms with Crippen molar-refractivity contribution >= 4 is 21.9 Å². The van der Waals surface area contributed by atoms with E-state index < -0.39 is 5.97 Å². The summed E-state index contributed by atoms with van der Waals surface area (Å²) < 4.78 is 8.18. The van der Waals surface area contributed by atoms with E-state index in [1.54, 1.807) is 6.07 Å². The monoisotopic (exact) mass is 338 g/mol. The highest BCUT2D eigenvalue weighted by Gasteiger charge is 2.09. The van der Waals surface area contributed by atoms with Crippen LogP contribution in [0, 0.1) is 0 Å². The van der Waals surface area contributed by atoms with E-state index in [1.165, 1.54) is 12.1 Å². The van der Waals surface area contributed by atoms with Gasteiger partial charge in [-0.3, -0.25) is 4.68 Å². The van der Waals surface area contributed by atoms with Gasteiger partial charge in [-0.05, 0) is 54.0 Å². The number of carbonyl (C=O) groups is 1. The fourth-order valence-corrected chi connectivity index (χ4v) is 2.00. The lowest BCUT2D eigenvalue weighted by Gasteiger charge is -2.08. The standard InChI is InChI=1S/C14H15BrN2O3/c1-9(2)17-6-5-11(16-17)8-20-13-7-10(14(18)19)3-4-12(13)15/h3-7,9H,8H2,1-2H3,(H,18,19). The molecule has 0 spiro atoms. The molecular weight excluding hydrogens is 324 g/mol. The van der Waals surface area contributed by atoms with Gasteiger partial charge in [-0.15, -0.1) is 0 Å². The van der Waals surface area contributed by atoms with Crippen LogP contribution in [0.5, 0.6) is 5.75 Å². The number of rotatable bonds is 5. The second kappa shape index (κ2) is 6.09. The van der Waals surface area contributed by atoms with Gasteiger partial charge in [0.15, 0.2) is 0 Å². The van der Waals surface area contributed by atoms with Gasteiger partial charge in [-0.2, -0.15) is 5.10 Å². The average Bonchev–Trinajstić information content (AvgIpc) is 2.86. The topological polar surface area (TPSA) is 64.3 Å². The van der Waals surface area contributed by atoms with E-state index in [-0.39, 0.29) is 5.56 Å². The Morgan fingerprint density at radius 3 is 2.80 bits per heavy atom. The Morgan fingerprint density at radius 1 is 1.45 bits per heavy atom. The minimum Gasteiger partial charge on any atom is -0.486 e. The molecule has 0 bridgehead atoms. The highest BCUT2D eigenvalue weighted by Crippen LogP contribution is 2.26. The first-order valence-corrected chi connectivity index (χ1v) is 6.96. The molecule has 0 saturated carbocycles. The van der Waals surface area contributed by atoms with E-state index in [9.17, 15) is 4.79 Å². The molecule has 0 radical (unpaired) electrons. The zero-order valence-corrected chi connectivity index (χ0v) is 12.8. The van der Waals surface area contributed by atoms with Gasteiger partial charge < -0.3 is 9.84 Å². The number of ether oxygens (including phenoxy) is 1. The Labute approximate surface area is 125 Å². The number of aromatic nitrogens is 2. The number of carboxylic acid groups (broad SMARTS) is 1. The molecule has 6 heteroatoms. The van der Waals surface area contributed by atoms with Crippen molar-refractivity contribution in [3.8, 4) is 5.75 Å². The van der Waals surface area contributed by atoms with Crippen LogP contribution < -0.4 is 4.74 Å². The molecule has 1 N–H and O–H groups in total. The number of halogens is 1. The Bertz CT molecular complexity index is 623. The molecule has 5 nitrogen and oxygen atoms in total. The number of benzene rings is 1. The molecule has 0 aliphatic carbocycles. The zero-order valence-electron chi connectivity index (χ0n) is 11.2. The number of hydrogen-bond donors (Lipinski definition) is 1. The van der Waals surface area contributed by atoms with Crippen molar-refractivity contribution in [2.45, 2.75) is 26.5 Å². The molecule has 1 aromatic carbocycles. The summed E-state index contributed by atoms with van der Waals surface area (Å²) in [6.45, 7) is 4.39. The van der Waals surface area contributed by atoms with Gasteiger partial charge in [-0.1, -0.05) is 0 Å². The number of aromatic carboxylic acids is 1. The predicted octanol–water partition coefficient (Wildman–Crippen LogP) is 3.50. The Balaban J connectivity index is 2.09. The summed E-state index contributed by atoms with van der Waals surface area (Å²) in [5.74, 6) is -0.490. The molecule has 0 aliphatic heterocycles. The lowest BCUT2D eigenvalue weighted by molar-refractivity contribution is 0.0696. The summed E-state index contributed by atoms with van der Waals surface area (Å²) in [5, 5.41) is 13.3. The molecule has 0 unspecified atom stereocenters. The minimum absolute atomic E-state index is 0.191. The third kappa shape index (κ3) is 3.39. The van der Waals surface area contributed by atoms with E-state index in [0.717, 1.165) is 5.69 Å². The quantitative estimate of drug-likeness (QED) is 0.905. The largest absolute Gasteiger partial charge is 0.486 e. The van der Waals surface area contributed by atoms with Gasteiger partial charge in [0.25, 0.3) is 0 Å². The third-order valence-corrected chi connectivity index (χ3v) is 3.40. The summed E-state index contributed by atoms with van der Waals surface area (Å²) in [6.07, 6.45) is 1.89. The fourth-order valence-electron chi connectivity index (χ4n) is 1.64. The first-order valence-electron chi connectivity index (χ1n) is 6.17. The Morgan fingerprint density at radius 2 is 2.20 bits per heavy atom. The Kier molecular flexibility index (Phi) is 4.44. The third-order valence-electron chi connectivity index (χ3n) is 2.75. The molecule has 20 heavy (non-hydrogen) atoms. The number of nitrogens with zero attached hydrogens (tertiary/aromatic N) is 2. The lowest BCUT2D eigenvalue weighted by atomic mass is 10.2. The van der Waals surface area contributed by atoms with Crippen molar-refractivity contribution in [2.75, 3.05) is 0 Å². The van der Waals surface area contributed by atoms with Crippen LogP contribution in [0.2, 0.25) is 0 Å². The maximum absolute atomic E-state index is 10.9. The van der Waals surface area contributed by atoms with Gasteiger partial charge in [0.1, 0.15) is 12.4 Å². The predicted molar refractivity (Wildman–Crippen MR) is 78.0 cm³/mol. The van der Waals surface area contributed by atoms with Crippen LogP contribution in [0.4, 0.5) is 0 Å². The average molecular weight is 339 g/mol. The van der Waals surface area contributed by atoms with E-state index >= 15 is 0 Å². The van der Waals surface area contributed by atoms with Crippen LogP contribution in [-0.4, -0.2) is 20.9 Å². The summed E-state index contributed by atoms with van der Waals surface area (Å²) in [5.41, 5.74) is 0.988.